The zero-order valence-corrected chi connectivity index (χ0v) is 15.2. The molecule has 0 bridgehead atoms. The van der Waals surface area contributed by atoms with Crippen LogP contribution in [-0.2, 0) is 14.6 Å². The zero-order chi connectivity index (χ0) is 16.0. The van der Waals surface area contributed by atoms with Crippen LogP contribution in [0.4, 0.5) is 0 Å². The summed E-state index contributed by atoms with van der Waals surface area (Å²) in [6.07, 6.45) is 0. The predicted molar refractivity (Wildman–Crippen MR) is 85.9 cm³/mol. The smallest absolute Gasteiger partial charge is 0.291 e. The molecule has 0 aliphatic carbocycles. The summed E-state index contributed by atoms with van der Waals surface area (Å²) in [5.74, 6) is 0.470. The van der Waals surface area contributed by atoms with Crippen molar-refractivity contribution in [3.63, 3.8) is 0 Å². The van der Waals surface area contributed by atoms with Gasteiger partial charge in [-0.15, -0.1) is 10.2 Å². The van der Waals surface area contributed by atoms with Gasteiger partial charge in [-0.1, -0.05) is 22.0 Å². The third-order valence-electron chi connectivity index (χ3n) is 2.94. The Bertz CT molecular complexity index is 794. The predicted octanol–water partition coefficient (Wildman–Crippen LogP) is 3.70. The molecule has 0 aliphatic rings. The number of aryl methyl sites for hydroxylation is 1. The van der Waals surface area contributed by atoms with E-state index in [9.17, 15) is 8.42 Å². The number of halogens is 2. The summed E-state index contributed by atoms with van der Waals surface area (Å²) in [5.41, 5.74) is 1.27. The number of rotatable bonds is 2. The summed E-state index contributed by atoms with van der Waals surface area (Å²) in [4.78, 5) is 0. The molecule has 8 heteroatoms. The van der Waals surface area contributed by atoms with Gasteiger partial charge < -0.3 is 0 Å². The summed E-state index contributed by atoms with van der Waals surface area (Å²) < 4.78 is 25.9. The number of nitrogens with zero attached hydrogens (tertiary/aromatic N) is 3. The lowest BCUT2D eigenvalue weighted by atomic mass is 10.1. The first-order valence-electron chi connectivity index (χ1n) is 6.19. The van der Waals surface area contributed by atoms with Crippen LogP contribution in [-0.4, -0.2) is 23.2 Å². The summed E-state index contributed by atoms with van der Waals surface area (Å²) in [7, 11) is 1.50. The molecule has 0 amide bonds. The Hall–Kier alpha value is -0.920. The lowest BCUT2D eigenvalue weighted by molar-refractivity contribution is 0.367. The molecule has 114 valence electrons. The van der Waals surface area contributed by atoms with E-state index < -0.39 is 14.6 Å². The third-order valence-corrected chi connectivity index (χ3v) is 4.94. The average Bonchev–Trinajstić information content (AvgIpc) is 2.76. The van der Waals surface area contributed by atoms with Gasteiger partial charge in [0, 0.05) is 26.3 Å². The van der Waals surface area contributed by atoms with Crippen LogP contribution < -0.4 is 0 Å². The van der Waals surface area contributed by atoms with Gasteiger partial charge in [-0.3, -0.25) is 4.57 Å². The fraction of sp³-hybridized carbons (Fsp3) is 0.385. The van der Waals surface area contributed by atoms with Gasteiger partial charge in [0.15, 0.2) is 5.82 Å². The average molecular weight is 393 g/mol. The minimum absolute atomic E-state index is 0.243. The highest BCUT2D eigenvalue weighted by atomic mass is 79.9. The standard InChI is InChI=1S/C13H15BrClN3O2S/c1-8-7-9(5-6-10(8)14)11-16-17-12(21(15,19)20)18(11)13(2,3)4/h5-7H,1-4H3. The van der Waals surface area contributed by atoms with Crippen molar-refractivity contribution < 1.29 is 8.42 Å². The van der Waals surface area contributed by atoms with E-state index in [0.717, 1.165) is 15.6 Å². The van der Waals surface area contributed by atoms with Crippen LogP contribution in [0, 0.1) is 6.92 Å². The van der Waals surface area contributed by atoms with E-state index in [-0.39, 0.29) is 5.16 Å². The molecule has 2 rings (SSSR count). The lowest BCUT2D eigenvalue weighted by Gasteiger charge is -2.24. The van der Waals surface area contributed by atoms with Gasteiger partial charge in [0.1, 0.15) is 0 Å². The van der Waals surface area contributed by atoms with Crippen molar-refractivity contribution in [2.45, 2.75) is 38.4 Å². The highest BCUT2D eigenvalue weighted by Crippen LogP contribution is 2.31. The minimum Gasteiger partial charge on any atom is -0.291 e. The Labute approximate surface area is 136 Å². The molecule has 21 heavy (non-hydrogen) atoms. The Morgan fingerprint density at radius 3 is 2.33 bits per heavy atom. The second-order valence-electron chi connectivity index (χ2n) is 5.71. The van der Waals surface area contributed by atoms with Crippen LogP contribution in [0.5, 0.6) is 0 Å². The first kappa shape index (κ1) is 16.5. The van der Waals surface area contributed by atoms with Crippen LogP contribution in [0.15, 0.2) is 27.8 Å². The molecule has 1 aromatic heterocycles. The molecule has 0 radical (unpaired) electrons. The highest BCUT2D eigenvalue weighted by molar-refractivity contribution is 9.10. The molecule has 1 aromatic carbocycles. The van der Waals surface area contributed by atoms with Gasteiger partial charge in [-0.05, 0) is 45.4 Å². The number of benzene rings is 1. The second kappa shape index (κ2) is 5.37. The van der Waals surface area contributed by atoms with Crippen molar-refractivity contribution in [3.8, 4) is 11.4 Å². The van der Waals surface area contributed by atoms with Gasteiger partial charge in [0.25, 0.3) is 14.2 Å². The summed E-state index contributed by atoms with van der Waals surface area (Å²) in [6, 6.07) is 5.66. The Morgan fingerprint density at radius 1 is 1.24 bits per heavy atom. The third kappa shape index (κ3) is 3.30. The van der Waals surface area contributed by atoms with Crippen LogP contribution in [0.2, 0.25) is 0 Å². The van der Waals surface area contributed by atoms with E-state index in [0.29, 0.717) is 5.82 Å². The van der Waals surface area contributed by atoms with Gasteiger partial charge in [-0.25, -0.2) is 8.42 Å². The Kier molecular flexibility index (Phi) is 4.21. The molecule has 0 aliphatic heterocycles. The van der Waals surface area contributed by atoms with Gasteiger partial charge >= 0.3 is 0 Å². The summed E-state index contributed by atoms with van der Waals surface area (Å²) >= 11 is 3.44. The normalized spacial score (nSPS) is 12.7. The molecule has 0 N–H and O–H groups in total. The zero-order valence-electron chi connectivity index (χ0n) is 12.1. The molecular formula is C13H15BrClN3O2S. The van der Waals surface area contributed by atoms with Gasteiger partial charge in [0.05, 0.1) is 0 Å². The monoisotopic (exact) mass is 391 g/mol. The number of aromatic nitrogens is 3. The molecule has 5 nitrogen and oxygen atoms in total. The van der Waals surface area contributed by atoms with Crippen LogP contribution in [0.3, 0.4) is 0 Å². The molecule has 0 atom stereocenters. The van der Waals surface area contributed by atoms with E-state index in [4.69, 9.17) is 10.7 Å². The minimum atomic E-state index is -3.97. The molecule has 0 spiro atoms. The number of hydrogen-bond acceptors (Lipinski definition) is 4. The molecule has 0 unspecified atom stereocenters. The fourth-order valence-corrected chi connectivity index (χ4v) is 3.27. The van der Waals surface area contributed by atoms with E-state index in [1.54, 1.807) is 0 Å². The lowest BCUT2D eigenvalue weighted by Crippen LogP contribution is -2.25. The van der Waals surface area contributed by atoms with Crippen molar-refractivity contribution in [1.29, 1.82) is 0 Å². The molecule has 0 saturated heterocycles. The molecule has 2 aromatic rings. The van der Waals surface area contributed by atoms with E-state index in [1.165, 1.54) is 4.57 Å². The Morgan fingerprint density at radius 2 is 1.86 bits per heavy atom. The molecule has 0 fully saturated rings. The summed E-state index contributed by atoms with van der Waals surface area (Å²) in [6.45, 7) is 7.57. The Balaban J connectivity index is 2.76. The molecule has 1 heterocycles. The topological polar surface area (TPSA) is 64.8 Å². The van der Waals surface area contributed by atoms with Crippen molar-refractivity contribution in [2.24, 2.45) is 0 Å². The molecule has 0 saturated carbocycles. The first-order chi connectivity index (χ1) is 9.51. The van der Waals surface area contributed by atoms with Gasteiger partial charge in [-0.2, -0.15) is 0 Å². The van der Waals surface area contributed by atoms with Crippen molar-refractivity contribution in [2.75, 3.05) is 0 Å². The van der Waals surface area contributed by atoms with Crippen molar-refractivity contribution >= 4 is 35.7 Å². The van der Waals surface area contributed by atoms with Crippen molar-refractivity contribution in [1.82, 2.24) is 14.8 Å². The first-order valence-corrected chi connectivity index (χ1v) is 9.29. The van der Waals surface area contributed by atoms with Gasteiger partial charge in [0.2, 0.25) is 0 Å². The maximum atomic E-state index is 11.7. The largest absolute Gasteiger partial charge is 0.296 e. The highest BCUT2D eigenvalue weighted by Gasteiger charge is 2.30. The fourth-order valence-electron chi connectivity index (χ4n) is 2.00. The maximum absolute atomic E-state index is 11.7. The van der Waals surface area contributed by atoms with Crippen LogP contribution in [0.25, 0.3) is 11.4 Å². The quantitative estimate of drug-likeness (QED) is 0.731. The molecular weight excluding hydrogens is 378 g/mol. The van der Waals surface area contributed by atoms with E-state index in [2.05, 4.69) is 26.1 Å². The number of hydrogen-bond donors (Lipinski definition) is 0. The SMILES string of the molecule is Cc1cc(-c2nnc(S(=O)(=O)Cl)n2C(C)(C)C)ccc1Br. The van der Waals surface area contributed by atoms with Crippen molar-refractivity contribution in [3.05, 3.63) is 28.2 Å². The second-order valence-corrected chi connectivity index (χ2v) is 9.03. The van der Waals surface area contributed by atoms with E-state index in [1.807, 2.05) is 45.9 Å². The maximum Gasteiger partial charge on any atom is 0.296 e. The van der Waals surface area contributed by atoms with E-state index >= 15 is 0 Å². The summed E-state index contributed by atoms with van der Waals surface area (Å²) in [5, 5.41) is 7.54. The van der Waals surface area contributed by atoms with Crippen LogP contribution >= 0.6 is 26.6 Å². The van der Waals surface area contributed by atoms with Crippen LogP contribution in [0.1, 0.15) is 26.3 Å².